The van der Waals surface area contributed by atoms with Crippen molar-refractivity contribution in [1.29, 1.82) is 0 Å². The average Bonchev–Trinajstić information content (AvgIpc) is 2.56. The Labute approximate surface area is 139 Å². The summed E-state index contributed by atoms with van der Waals surface area (Å²) in [7, 11) is 0. The lowest BCUT2D eigenvalue weighted by atomic mass is 9.99. The van der Waals surface area contributed by atoms with Crippen LogP contribution >= 0.6 is 0 Å². The van der Waals surface area contributed by atoms with E-state index in [9.17, 15) is 14.0 Å². The van der Waals surface area contributed by atoms with Crippen molar-refractivity contribution in [2.24, 2.45) is 10.9 Å². The molecule has 24 heavy (non-hydrogen) atoms. The zero-order chi connectivity index (χ0) is 17.3. The van der Waals surface area contributed by atoms with E-state index in [-0.39, 0.29) is 17.6 Å². The molecule has 0 bridgehead atoms. The van der Waals surface area contributed by atoms with E-state index < -0.39 is 6.04 Å². The predicted octanol–water partition coefficient (Wildman–Crippen LogP) is 4.81. The highest BCUT2D eigenvalue weighted by atomic mass is 19.1. The highest BCUT2D eigenvalue weighted by molar-refractivity contribution is 5.91. The third kappa shape index (κ3) is 3.21. The van der Waals surface area contributed by atoms with Crippen LogP contribution in [0.5, 0.6) is 0 Å². The minimum Gasteiger partial charge on any atom is -0.286 e. The van der Waals surface area contributed by atoms with Crippen molar-refractivity contribution in [1.82, 2.24) is 5.06 Å². The molecular weight excluding hydrogens is 310 g/mol. The summed E-state index contributed by atoms with van der Waals surface area (Å²) in [6, 6.07) is 11.5. The summed E-state index contributed by atoms with van der Waals surface area (Å²) in [6.07, 6.45) is 1.78. The van der Waals surface area contributed by atoms with E-state index in [1.165, 1.54) is 24.3 Å². The van der Waals surface area contributed by atoms with Crippen LogP contribution in [-0.4, -0.2) is 16.1 Å². The van der Waals surface area contributed by atoms with Gasteiger partial charge < -0.3 is 0 Å². The van der Waals surface area contributed by atoms with Gasteiger partial charge in [0.15, 0.2) is 0 Å². The van der Waals surface area contributed by atoms with Gasteiger partial charge in [0.2, 0.25) is 0 Å². The number of hydrogen-bond acceptors (Lipinski definition) is 3. The van der Waals surface area contributed by atoms with E-state index in [2.05, 4.69) is 4.99 Å². The highest BCUT2D eigenvalue weighted by Crippen LogP contribution is 2.32. The average molecular weight is 328 g/mol. The Balaban J connectivity index is 2.06. The van der Waals surface area contributed by atoms with E-state index >= 15 is 0 Å². The standard InChI is InChI=1S/C19H18F2N2O/c1-12(2)19-22-17(13-3-7-15(20)8-4-13)11-18(23(19)24)14-5-9-16(21)10-6-14/h3-12,18,24H,1-2H3. The third-order valence-electron chi connectivity index (χ3n) is 3.92. The SMILES string of the molecule is CC(C)C1=NC(c2ccc(F)cc2)=CC(c2ccc(F)cc2)N1O. The molecule has 0 spiro atoms. The molecule has 1 aliphatic heterocycles. The van der Waals surface area contributed by atoms with Gasteiger partial charge in [-0.2, -0.15) is 0 Å². The molecule has 2 aromatic rings. The molecule has 3 rings (SSSR count). The molecule has 124 valence electrons. The Bertz CT molecular complexity index is 780. The Morgan fingerprint density at radius 3 is 2.04 bits per heavy atom. The van der Waals surface area contributed by atoms with Crippen LogP contribution < -0.4 is 0 Å². The first-order valence-corrected chi connectivity index (χ1v) is 7.75. The minimum atomic E-state index is -0.486. The van der Waals surface area contributed by atoms with Gasteiger partial charge in [-0.3, -0.25) is 5.21 Å². The van der Waals surface area contributed by atoms with E-state index in [4.69, 9.17) is 0 Å². The van der Waals surface area contributed by atoms with Crippen LogP contribution in [0.2, 0.25) is 0 Å². The molecule has 5 heteroatoms. The molecule has 0 fully saturated rings. The zero-order valence-electron chi connectivity index (χ0n) is 13.4. The molecule has 1 unspecified atom stereocenters. The monoisotopic (exact) mass is 328 g/mol. The van der Waals surface area contributed by atoms with Crippen molar-refractivity contribution in [3.8, 4) is 0 Å². The topological polar surface area (TPSA) is 35.8 Å². The Morgan fingerprint density at radius 2 is 1.50 bits per heavy atom. The first kappa shape index (κ1) is 16.3. The minimum absolute atomic E-state index is 0.0119. The Kier molecular flexibility index (Phi) is 4.44. The summed E-state index contributed by atoms with van der Waals surface area (Å²) in [5, 5.41) is 11.6. The largest absolute Gasteiger partial charge is 0.286 e. The molecule has 0 radical (unpaired) electrons. The quantitative estimate of drug-likeness (QED) is 0.878. The molecule has 0 saturated heterocycles. The highest BCUT2D eigenvalue weighted by Gasteiger charge is 2.27. The van der Waals surface area contributed by atoms with E-state index in [1.54, 1.807) is 30.3 Å². The smallest absolute Gasteiger partial charge is 0.132 e. The van der Waals surface area contributed by atoms with Crippen LogP contribution in [0.25, 0.3) is 5.70 Å². The number of benzene rings is 2. The summed E-state index contributed by atoms with van der Waals surface area (Å²) in [4.78, 5) is 4.51. The zero-order valence-corrected chi connectivity index (χ0v) is 13.4. The van der Waals surface area contributed by atoms with Gasteiger partial charge in [0, 0.05) is 11.5 Å². The molecule has 3 nitrogen and oxygen atoms in total. The molecule has 1 heterocycles. The first-order valence-electron chi connectivity index (χ1n) is 7.75. The summed E-state index contributed by atoms with van der Waals surface area (Å²) in [5.41, 5.74) is 2.15. The number of aliphatic imine (C=N–C) groups is 1. The lowest BCUT2D eigenvalue weighted by Crippen LogP contribution is -2.36. The molecule has 0 aliphatic carbocycles. The first-order chi connectivity index (χ1) is 11.5. The van der Waals surface area contributed by atoms with Crippen molar-refractivity contribution < 1.29 is 14.0 Å². The molecular formula is C19H18F2N2O. The molecule has 0 amide bonds. The van der Waals surface area contributed by atoms with Gasteiger partial charge in [-0.1, -0.05) is 26.0 Å². The molecule has 0 aromatic heterocycles. The van der Waals surface area contributed by atoms with Crippen LogP contribution in [-0.2, 0) is 0 Å². The van der Waals surface area contributed by atoms with Gasteiger partial charge >= 0.3 is 0 Å². The maximum absolute atomic E-state index is 13.2. The fourth-order valence-electron chi connectivity index (χ4n) is 2.65. The summed E-state index contributed by atoms with van der Waals surface area (Å²) in [5.74, 6) is -0.158. The van der Waals surface area contributed by atoms with Gasteiger partial charge in [0.1, 0.15) is 23.5 Å². The molecule has 1 atom stereocenters. The van der Waals surface area contributed by atoms with E-state index in [0.717, 1.165) is 16.2 Å². The number of halogens is 2. The van der Waals surface area contributed by atoms with Crippen molar-refractivity contribution >= 4 is 11.5 Å². The summed E-state index contributed by atoms with van der Waals surface area (Å²) >= 11 is 0. The third-order valence-corrected chi connectivity index (χ3v) is 3.92. The summed E-state index contributed by atoms with van der Waals surface area (Å²) < 4.78 is 26.3. The van der Waals surface area contributed by atoms with Gasteiger partial charge in [0.25, 0.3) is 0 Å². The van der Waals surface area contributed by atoms with Crippen molar-refractivity contribution in [2.75, 3.05) is 0 Å². The van der Waals surface area contributed by atoms with Gasteiger partial charge in [-0.15, -0.1) is 0 Å². The number of amidine groups is 1. The number of hydroxylamine groups is 2. The van der Waals surface area contributed by atoms with Crippen molar-refractivity contribution in [3.63, 3.8) is 0 Å². The molecule has 1 N–H and O–H groups in total. The number of hydrogen-bond donors (Lipinski definition) is 1. The van der Waals surface area contributed by atoms with Gasteiger partial charge in [-0.05, 0) is 48.0 Å². The molecule has 1 aliphatic rings. The second-order valence-corrected chi connectivity index (χ2v) is 6.02. The Morgan fingerprint density at radius 1 is 0.958 bits per heavy atom. The molecule has 2 aromatic carbocycles. The van der Waals surface area contributed by atoms with Crippen LogP contribution in [0.3, 0.4) is 0 Å². The fourth-order valence-corrected chi connectivity index (χ4v) is 2.65. The second kappa shape index (κ2) is 6.53. The van der Waals surface area contributed by atoms with Gasteiger partial charge in [0.05, 0.1) is 5.70 Å². The maximum atomic E-state index is 13.2. The van der Waals surface area contributed by atoms with Crippen LogP contribution in [0, 0.1) is 17.6 Å². The van der Waals surface area contributed by atoms with Crippen LogP contribution in [0.1, 0.15) is 31.0 Å². The van der Waals surface area contributed by atoms with Crippen LogP contribution in [0.15, 0.2) is 59.6 Å². The van der Waals surface area contributed by atoms with Crippen molar-refractivity contribution in [3.05, 3.63) is 77.4 Å². The second-order valence-electron chi connectivity index (χ2n) is 6.02. The number of nitrogens with zero attached hydrogens (tertiary/aromatic N) is 2. The Hall–Kier alpha value is -2.53. The van der Waals surface area contributed by atoms with Crippen molar-refractivity contribution in [2.45, 2.75) is 19.9 Å². The lowest BCUT2D eigenvalue weighted by molar-refractivity contribution is -0.0455. The fraction of sp³-hybridized carbons (Fsp3) is 0.211. The molecule has 0 saturated carbocycles. The maximum Gasteiger partial charge on any atom is 0.132 e. The van der Waals surface area contributed by atoms with E-state index in [1.807, 2.05) is 13.8 Å². The van der Waals surface area contributed by atoms with E-state index in [0.29, 0.717) is 11.5 Å². The predicted molar refractivity (Wildman–Crippen MR) is 89.4 cm³/mol. The van der Waals surface area contributed by atoms with Crippen LogP contribution in [0.4, 0.5) is 8.78 Å². The number of rotatable bonds is 3. The van der Waals surface area contributed by atoms with Gasteiger partial charge in [-0.25, -0.2) is 18.8 Å². The summed E-state index contributed by atoms with van der Waals surface area (Å²) in [6.45, 7) is 3.86. The lowest BCUT2D eigenvalue weighted by Gasteiger charge is -2.32. The normalized spacial score (nSPS) is 17.8.